The van der Waals surface area contributed by atoms with Gasteiger partial charge < -0.3 is 20.3 Å². The Labute approximate surface area is 190 Å². The molecule has 0 spiro atoms. The Morgan fingerprint density at radius 3 is 2.41 bits per heavy atom. The number of nitrogens with zero attached hydrogens (tertiary/aromatic N) is 2. The second-order valence-electron chi connectivity index (χ2n) is 8.90. The lowest BCUT2D eigenvalue weighted by molar-refractivity contribution is 0.0615. The van der Waals surface area contributed by atoms with Gasteiger partial charge in [0.15, 0.2) is 0 Å². The van der Waals surface area contributed by atoms with Crippen molar-refractivity contribution in [2.24, 2.45) is 0 Å². The number of hydrogen-bond acceptors (Lipinski definition) is 4. The first-order valence-corrected chi connectivity index (χ1v) is 11.4. The van der Waals surface area contributed by atoms with Crippen LogP contribution in [0.4, 0.5) is 5.69 Å². The van der Waals surface area contributed by atoms with E-state index < -0.39 is 0 Å². The van der Waals surface area contributed by atoms with Gasteiger partial charge in [0.2, 0.25) is 0 Å². The number of aromatic amines is 1. The third-order valence-electron chi connectivity index (χ3n) is 6.84. The van der Waals surface area contributed by atoms with E-state index in [-0.39, 0.29) is 12.5 Å². The molecule has 1 aliphatic rings. The monoisotopic (exact) mass is 434 g/mol. The first-order chi connectivity index (χ1) is 15.4. The fraction of sp³-hybridized carbons (Fsp3) is 0.423. The molecule has 0 aliphatic carbocycles. The number of benzene rings is 2. The number of aryl methyl sites for hydroxylation is 4. The van der Waals surface area contributed by atoms with Crippen molar-refractivity contribution in [2.45, 2.75) is 34.2 Å². The quantitative estimate of drug-likeness (QED) is 0.552. The highest BCUT2D eigenvalue weighted by atomic mass is 16.3. The lowest BCUT2D eigenvalue weighted by Crippen LogP contribution is -2.49. The van der Waals surface area contributed by atoms with Crippen molar-refractivity contribution in [1.29, 1.82) is 0 Å². The molecule has 6 nitrogen and oxygen atoms in total. The van der Waals surface area contributed by atoms with E-state index in [1.165, 1.54) is 22.3 Å². The molecular weight excluding hydrogens is 400 g/mol. The number of aromatic nitrogens is 1. The summed E-state index contributed by atoms with van der Waals surface area (Å²) in [5.41, 5.74) is 8.85. The van der Waals surface area contributed by atoms with Crippen molar-refractivity contribution in [1.82, 2.24) is 14.8 Å². The minimum absolute atomic E-state index is 0.0731. The minimum Gasteiger partial charge on any atom is -0.395 e. The van der Waals surface area contributed by atoms with E-state index in [4.69, 9.17) is 5.11 Å². The van der Waals surface area contributed by atoms with Crippen molar-refractivity contribution >= 4 is 22.5 Å². The number of β-amino-alcohol motifs (C(OH)–C–C–N with tert-alkyl or cyclic N) is 1. The Morgan fingerprint density at radius 2 is 1.75 bits per heavy atom. The average molecular weight is 435 g/mol. The number of amides is 1. The van der Waals surface area contributed by atoms with Gasteiger partial charge in [0.05, 0.1) is 17.8 Å². The summed E-state index contributed by atoms with van der Waals surface area (Å²) in [6, 6.07) is 10.4. The van der Waals surface area contributed by atoms with Crippen LogP contribution in [0.15, 0.2) is 30.3 Å². The zero-order valence-corrected chi connectivity index (χ0v) is 19.6. The standard InChI is InChI=1S/C26H34N4O2/c1-17-6-5-7-18(2)23(17)16-27-24-15-21(14-22-19(3)20(4)28-25(22)24)26(32)30-10-8-29(9-11-30)12-13-31/h5-7,14-15,27-28,31H,8-13,16H2,1-4H3. The van der Waals surface area contributed by atoms with Gasteiger partial charge in [-0.25, -0.2) is 0 Å². The number of rotatable bonds is 6. The minimum atomic E-state index is 0.0731. The Morgan fingerprint density at radius 1 is 1.06 bits per heavy atom. The number of anilines is 1. The van der Waals surface area contributed by atoms with Crippen molar-refractivity contribution < 1.29 is 9.90 Å². The normalized spacial score (nSPS) is 14.8. The van der Waals surface area contributed by atoms with Gasteiger partial charge >= 0.3 is 0 Å². The zero-order valence-electron chi connectivity index (χ0n) is 19.6. The lowest BCUT2D eigenvalue weighted by Gasteiger charge is -2.34. The summed E-state index contributed by atoms with van der Waals surface area (Å²) in [6.07, 6.45) is 0. The Balaban J connectivity index is 1.63. The molecular formula is C26H34N4O2. The molecule has 6 heteroatoms. The number of carbonyl (C=O) groups excluding carboxylic acids is 1. The van der Waals surface area contributed by atoms with Crippen molar-refractivity contribution in [3.63, 3.8) is 0 Å². The number of aliphatic hydroxyl groups is 1. The third kappa shape index (κ3) is 4.38. The Hall–Kier alpha value is -2.83. The molecule has 1 fully saturated rings. The van der Waals surface area contributed by atoms with Crippen LogP contribution in [0.2, 0.25) is 0 Å². The number of fused-ring (bicyclic) bond motifs is 1. The molecule has 2 heterocycles. The number of nitrogens with one attached hydrogen (secondary N) is 2. The van der Waals surface area contributed by atoms with Gasteiger partial charge in [-0.05, 0) is 62.1 Å². The number of hydrogen-bond donors (Lipinski definition) is 3. The van der Waals surface area contributed by atoms with Crippen LogP contribution >= 0.6 is 0 Å². The summed E-state index contributed by atoms with van der Waals surface area (Å²) < 4.78 is 0. The van der Waals surface area contributed by atoms with E-state index in [2.05, 4.69) is 61.1 Å². The second-order valence-corrected chi connectivity index (χ2v) is 8.90. The SMILES string of the molecule is Cc1cccc(C)c1CNc1cc(C(=O)N2CCN(CCO)CC2)cc2c(C)c(C)[nH]c12. The lowest BCUT2D eigenvalue weighted by atomic mass is 10.0. The molecule has 3 N–H and O–H groups in total. The topological polar surface area (TPSA) is 71.6 Å². The van der Waals surface area contributed by atoms with Crippen LogP contribution < -0.4 is 5.32 Å². The highest BCUT2D eigenvalue weighted by molar-refractivity contribution is 6.03. The summed E-state index contributed by atoms with van der Waals surface area (Å²) in [4.78, 5) is 21.0. The van der Waals surface area contributed by atoms with Crippen LogP contribution in [0.5, 0.6) is 0 Å². The van der Waals surface area contributed by atoms with E-state index in [0.29, 0.717) is 26.2 Å². The average Bonchev–Trinajstić information content (AvgIpc) is 3.07. The van der Waals surface area contributed by atoms with Gasteiger partial charge in [-0.2, -0.15) is 0 Å². The van der Waals surface area contributed by atoms with Gasteiger partial charge in [0.25, 0.3) is 5.91 Å². The number of piperazine rings is 1. The first kappa shape index (κ1) is 22.4. The zero-order chi connectivity index (χ0) is 22.8. The molecule has 1 saturated heterocycles. The van der Waals surface area contributed by atoms with E-state index in [0.717, 1.165) is 40.9 Å². The predicted octanol–water partition coefficient (Wildman–Crippen LogP) is 3.76. The Bertz CT molecular complexity index is 1110. The summed E-state index contributed by atoms with van der Waals surface area (Å²) >= 11 is 0. The molecule has 1 aromatic heterocycles. The van der Waals surface area contributed by atoms with Crippen LogP contribution in [-0.2, 0) is 6.54 Å². The highest BCUT2D eigenvalue weighted by Crippen LogP contribution is 2.31. The summed E-state index contributed by atoms with van der Waals surface area (Å²) in [5.74, 6) is 0.0731. The summed E-state index contributed by atoms with van der Waals surface area (Å²) in [6.45, 7) is 13.0. The molecule has 2 aromatic carbocycles. The smallest absolute Gasteiger partial charge is 0.254 e. The van der Waals surface area contributed by atoms with E-state index in [1.54, 1.807) is 0 Å². The van der Waals surface area contributed by atoms with Gasteiger partial charge in [-0.15, -0.1) is 0 Å². The number of carbonyl (C=O) groups is 1. The van der Waals surface area contributed by atoms with Crippen LogP contribution in [0.1, 0.15) is 38.3 Å². The molecule has 1 aliphatic heterocycles. The van der Waals surface area contributed by atoms with Crippen LogP contribution in [0, 0.1) is 27.7 Å². The third-order valence-corrected chi connectivity index (χ3v) is 6.84. The molecule has 1 amide bonds. The Kier molecular flexibility index (Phi) is 6.53. The van der Waals surface area contributed by atoms with Crippen molar-refractivity contribution in [3.8, 4) is 0 Å². The molecule has 0 atom stereocenters. The van der Waals surface area contributed by atoms with Gasteiger partial charge in [0, 0.05) is 55.9 Å². The fourth-order valence-corrected chi connectivity index (χ4v) is 4.63. The highest BCUT2D eigenvalue weighted by Gasteiger charge is 2.23. The van der Waals surface area contributed by atoms with Crippen molar-refractivity contribution in [3.05, 3.63) is 63.8 Å². The van der Waals surface area contributed by atoms with Crippen molar-refractivity contribution in [2.75, 3.05) is 44.6 Å². The van der Waals surface area contributed by atoms with Gasteiger partial charge in [-0.3, -0.25) is 9.69 Å². The van der Waals surface area contributed by atoms with E-state index in [1.807, 2.05) is 17.0 Å². The molecule has 0 unspecified atom stereocenters. The molecule has 0 bridgehead atoms. The van der Waals surface area contributed by atoms with E-state index >= 15 is 0 Å². The number of aliphatic hydroxyl groups excluding tert-OH is 1. The maximum absolute atomic E-state index is 13.4. The van der Waals surface area contributed by atoms with Crippen LogP contribution in [-0.4, -0.2) is 65.1 Å². The van der Waals surface area contributed by atoms with Crippen LogP contribution in [0.3, 0.4) is 0 Å². The molecule has 0 radical (unpaired) electrons. The maximum Gasteiger partial charge on any atom is 0.254 e. The first-order valence-electron chi connectivity index (χ1n) is 11.4. The van der Waals surface area contributed by atoms with Gasteiger partial charge in [-0.1, -0.05) is 18.2 Å². The molecule has 0 saturated carbocycles. The predicted molar refractivity (Wildman–Crippen MR) is 130 cm³/mol. The maximum atomic E-state index is 13.4. The number of H-pyrrole nitrogens is 1. The molecule has 170 valence electrons. The fourth-order valence-electron chi connectivity index (χ4n) is 4.63. The van der Waals surface area contributed by atoms with Crippen LogP contribution in [0.25, 0.3) is 10.9 Å². The largest absolute Gasteiger partial charge is 0.395 e. The van der Waals surface area contributed by atoms with E-state index in [9.17, 15) is 4.79 Å². The summed E-state index contributed by atoms with van der Waals surface area (Å²) in [7, 11) is 0. The summed E-state index contributed by atoms with van der Waals surface area (Å²) in [5, 5.41) is 13.9. The molecule has 3 aromatic rings. The molecule has 4 rings (SSSR count). The van der Waals surface area contributed by atoms with Gasteiger partial charge in [0.1, 0.15) is 0 Å². The second kappa shape index (κ2) is 9.35. The molecule has 32 heavy (non-hydrogen) atoms.